The topological polar surface area (TPSA) is 29.1 Å². The van der Waals surface area contributed by atoms with Crippen molar-refractivity contribution >= 4 is 20.8 Å². The molecule has 70 valence electrons. The zero-order valence-corrected chi connectivity index (χ0v) is 9.08. The van der Waals surface area contributed by atoms with Gasteiger partial charge in [-0.25, -0.2) is 0 Å². The van der Waals surface area contributed by atoms with E-state index < -0.39 is 0 Å². The van der Waals surface area contributed by atoms with Crippen molar-refractivity contribution in [3.8, 4) is 0 Å². The standard InChI is InChI=1S/C10H14NOP/c1-7-4-3-5-8(2)10(7)11-9(12)6-13/h3-5H,6,13H2,1-2H3,(H,11,12). The number of carbonyl (C=O) groups is 1. The number of benzene rings is 1. The molecule has 13 heavy (non-hydrogen) atoms. The van der Waals surface area contributed by atoms with Gasteiger partial charge in [0.25, 0.3) is 0 Å². The fourth-order valence-corrected chi connectivity index (χ4v) is 1.30. The van der Waals surface area contributed by atoms with Gasteiger partial charge < -0.3 is 5.32 Å². The molecule has 1 atom stereocenters. The monoisotopic (exact) mass is 195 g/mol. The maximum absolute atomic E-state index is 11.2. The van der Waals surface area contributed by atoms with Crippen LogP contribution in [0.15, 0.2) is 18.2 Å². The van der Waals surface area contributed by atoms with Gasteiger partial charge in [0.2, 0.25) is 5.91 Å². The Morgan fingerprint density at radius 2 is 1.92 bits per heavy atom. The summed E-state index contributed by atoms with van der Waals surface area (Å²) < 4.78 is 0. The summed E-state index contributed by atoms with van der Waals surface area (Å²) in [4.78, 5) is 11.2. The predicted octanol–water partition coefficient (Wildman–Crippen LogP) is 2.12. The highest BCUT2D eigenvalue weighted by molar-refractivity contribution is 7.18. The van der Waals surface area contributed by atoms with Crippen LogP contribution >= 0.6 is 9.24 Å². The van der Waals surface area contributed by atoms with E-state index in [1.54, 1.807) is 0 Å². The van der Waals surface area contributed by atoms with Gasteiger partial charge in [-0.05, 0) is 25.0 Å². The van der Waals surface area contributed by atoms with E-state index in [1.165, 1.54) is 0 Å². The molecule has 0 radical (unpaired) electrons. The molecule has 1 amide bonds. The molecule has 2 nitrogen and oxygen atoms in total. The van der Waals surface area contributed by atoms with Crippen LogP contribution in [0.3, 0.4) is 0 Å². The second kappa shape index (κ2) is 4.38. The van der Waals surface area contributed by atoms with Crippen LogP contribution in [0.25, 0.3) is 0 Å². The molecule has 1 N–H and O–H groups in total. The van der Waals surface area contributed by atoms with Crippen LogP contribution in [-0.4, -0.2) is 12.1 Å². The molecule has 0 aliphatic heterocycles. The lowest BCUT2D eigenvalue weighted by molar-refractivity contribution is -0.113. The molecule has 0 saturated carbocycles. The third-order valence-corrected chi connectivity index (χ3v) is 2.30. The van der Waals surface area contributed by atoms with Gasteiger partial charge in [0.05, 0.1) is 0 Å². The number of para-hydroxylation sites is 1. The van der Waals surface area contributed by atoms with Crippen LogP contribution in [0.2, 0.25) is 0 Å². The molecular weight excluding hydrogens is 181 g/mol. The van der Waals surface area contributed by atoms with Gasteiger partial charge in [-0.3, -0.25) is 4.79 Å². The highest BCUT2D eigenvalue weighted by Gasteiger charge is 2.04. The normalized spacial score (nSPS) is 9.77. The van der Waals surface area contributed by atoms with Crippen molar-refractivity contribution in [2.45, 2.75) is 13.8 Å². The smallest absolute Gasteiger partial charge is 0.228 e. The third kappa shape index (κ3) is 2.53. The van der Waals surface area contributed by atoms with Crippen LogP contribution in [-0.2, 0) is 4.79 Å². The third-order valence-electron chi connectivity index (χ3n) is 1.93. The molecule has 1 aromatic rings. The van der Waals surface area contributed by atoms with Gasteiger partial charge >= 0.3 is 0 Å². The number of aryl methyl sites for hydroxylation is 2. The Morgan fingerprint density at radius 1 is 1.38 bits per heavy atom. The summed E-state index contributed by atoms with van der Waals surface area (Å²) in [6.45, 7) is 3.98. The Morgan fingerprint density at radius 3 is 2.38 bits per heavy atom. The van der Waals surface area contributed by atoms with Gasteiger partial charge in [-0.1, -0.05) is 18.2 Å². The highest BCUT2D eigenvalue weighted by atomic mass is 31.0. The molecule has 0 bridgehead atoms. The van der Waals surface area contributed by atoms with Crippen LogP contribution in [0.1, 0.15) is 11.1 Å². The van der Waals surface area contributed by atoms with E-state index in [0.717, 1.165) is 16.8 Å². The second-order valence-corrected chi connectivity index (χ2v) is 3.43. The van der Waals surface area contributed by atoms with E-state index in [-0.39, 0.29) is 5.91 Å². The van der Waals surface area contributed by atoms with Crippen molar-refractivity contribution in [1.29, 1.82) is 0 Å². The van der Waals surface area contributed by atoms with E-state index >= 15 is 0 Å². The predicted molar refractivity (Wildman–Crippen MR) is 59.1 cm³/mol. The number of nitrogens with one attached hydrogen (secondary N) is 1. The van der Waals surface area contributed by atoms with Crippen LogP contribution in [0.5, 0.6) is 0 Å². The first-order valence-electron chi connectivity index (χ1n) is 4.21. The minimum atomic E-state index is 0.0300. The van der Waals surface area contributed by atoms with Crippen molar-refractivity contribution in [3.05, 3.63) is 29.3 Å². The van der Waals surface area contributed by atoms with Gasteiger partial charge in [-0.2, -0.15) is 0 Å². The highest BCUT2D eigenvalue weighted by Crippen LogP contribution is 2.19. The van der Waals surface area contributed by atoms with E-state index in [9.17, 15) is 4.79 Å². The Balaban J connectivity index is 2.93. The molecule has 0 aliphatic carbocycles. The van der Waals surface area contributed by atoms with E-state index in [2.05, 4.69) is 14.6 Å². The van der Waals surface area contributed by atoms with Crippen molar-refractivity contribution in [3.63, 3.8) is 0 Å². The Bertz CT molecular complexity index is 302. The fraction of sp³-hybridized carbons (Fsp3) is 0.300. The maximum atomic E-state index is 11.2. The number of carbonyl (C=O) groups excluding carboxylic acids is 1. The van der Waals surface area contributed by atoms with E-state index in [1.807, 2.05) is 32.0 Å². The Kier molecular flexibility index (Phi) is 3.44. The van der Waals surface area contributed by atoms with Crippen LogP contribution in [0, 0.1) is 13.8 Å². The van der Waals surface area contributed by atoms with Gasteiger partial charge in [0.15, 0.2) is 0 Å². The molecule has 0 heterocycles. The average molecular weight is 195 g/mol. The largest absolute Gasteiger partial charge is 0.325 e. The van der Waals surface area contributed by atoms with Gasteiger partial charge in [0.1, 0.15) is 0 Å². The SMILES string of the molecule is Cc1cccc(C)c1NC(=O)CP. The minimum absolute atomic E-state index is 0.0300. The maximum Gasteiger partial charge on any atom is 0.228 e. The van der Waals surface area contributed by atoms with Gasteiger partial charge in [0, 0.05) is 11.8 Å². The Hall–Kier alpha value is -0.880. The van der Waals surface area contributed by atoms with E-state index in [0.29, 0.717) is 6.16 Å². The molecule has 0 spiro atoms. The van der Waals surface area contributed by atoms with Crippen molar-refractivity contribution < 1.29 is 4.79 Å². The first-order chi connectivity index (χ1) is 6.15. The van der Waals surface area contributed by atoms with Crippen molar-refractivity contribution in [2.24, 2.45) is 0 Å². The quantitative estimate of drug-likeness (QED) is 0.719. The number of hydrogen-bond donors (Lipinski definition) is 1. The summed E-state index contributed by atoms with van der Waals surface area (Å²) in [5.41, 5.74) is 3.15. The summed E-state index contributed by atoms with van der Waals surface area (Å²) in [6, 6.07) is 5.97. The number of anilines is 1. The molecule has 3 heteroatoms. The summed E-state index contributed by atoms with van der Waals surface area (Å²) in [6.07, 6.45) is 0.438. The summed E-state index contributed by atoms with van der Waals surface area (Å²) in [7, 11) is 2.41. The summed E-state index contributed by atoms with van der Waals surface area (Å²) in [5.74, 6) is 0.0300. The Labute approximate surface area is 80.9 Å². The second-order valence-electron chi connectivity index (χ2n) is 3.02. The molecular formula is C10H14NOP. The minimum Gasteiger partial charge on any atom is -0.325 e. The molecule has 1 rings (SSSR count). The summed E-state index contributed by atoms with van der Waals surface area (Å²) in [5, 5.41) is 2.87. The molecule has 0 saturated heterocycles. The molecule has 1 aromatic carbocycles. The fourth-order valence-electron chi connectivity index (χ4n) is 1.20. The molecule has 1 unspecified atom stereocenters. The van der Waals surface area contributed by atoms with Crippen molar-refractivity contribution in [1.82, 2.24) is 0 Å². The number of rotatable bonds is 2. The molecule has 0 aliphatic rings. The van der Waals surface area contributed by atoms with E-state index in [4.69, 9.17) is 0 Å². The lowest BCUT2D eigenvalue weighted by Crippen LogP contribution is -2.14. The number of hydrogen-bond acceptors (Lipinski definition) is 1. The lowest BCUT2D eigenvalue weighted by Gasteiger charge is -2.09. The first-order valence-corrected chi connectivity index (χ1v) is 5.03. The number of amides is 1. The van der Waals surface area contributed by atoms with Gasteiger partial charge in [-0.15, -0.1) is 9.24 Å². The first kappa shape index (κ1) is 10.2. The zero-order chi connectivity index (χ0) is 9.84. The van der Waals surface area contributed by atoms with Crippen molar-refractivity contribution in [2.75, 3.05) is 11.5 Å². The summed E-state index contributed by atoms with van der Waals surface area (Å²) >= 11 is 0. The average Bonchev–Trinajstić information content (AvgIpc) is 2.11. The lowest BCUT2D eigenvalue weighted by atomic mass is 10.1. The molecule has 0 aromatic heterocycles. The zero-order valence-electron chi connectivity index (χ0n) is 7.92. The van der Waals surface area contributed by atoms with Crippen LogP contribution < -0.4 is 5.32 Å². The molecule has 0 fully saturated rings. The van der Waals surface area contributed by atoms with Crippen LogP contribution in [0.4, 0.5) is 5.69 Å².